The zero-order valence-corrected chi connectivity index (χ0v) is 13.2. The van der Waals surface area contributed by atoms with Crippen molar-refractivity contribution >= 4 is 33.3 Å². The van der Waals surface area contributed by atoms with Crippen LogP contribution in [0.1, 0.15) is 18.5 Å². The lowest BCUT2D eigenvalue weighted by Crippen LogP contribution is -2.05. The fourth-order valence-electron chi connectivity index (χ4n) is 1.94. The highest BCUT2D eigenvalue weighted by Gasteiger charge is 2.09. The second-order valence-electron chi connectivity index (χ2n) is 4.49. The van der Waals surface area contributed by atoms with Crippen LogP contribution in [0, 0.1) is 0 Å². The number of rotatable bonds is 3. The van der Waals surface area contributed by atoms with Gasteiger partial charge in [0.25, 0.3) is 0 Å². The van der Waals surface area contributed by atoms with Gasteiger partial charge in [-0.05, 0) is 48.5 Å². The van der Waals surface area contributed by atoms with Gasteiger partial charge in [0, 0.05) is 21.6 Å². The predicted octanol–water partition coefficient (Wildman–Crippen LogP) is 3.66. The molecule has 0 aliphatic rings. The average molecular weight is 349 g/mol. The summed E-state index contributed by atoms with van der Waals surface area (Å²) in [4.78, 5) is 1.10. The summed E-state index contributed by atoms with van der Waals surface area (Å²) in [6, 6.07) is 12.0. The maximum Gasteiger partial charge on any atom is 0.200 e. The second kappa shape index (κ2) is 5.55. The third-order valence-electron chi connectivity index (χ3n) is 2.95. The zero-order valence-electron chi connectivity index (χ0n) is 10.8. The van der Waals surface area contributed by atoms with Crippen molar-refractivity contribution in [1.29, 1.82) is 0 Å². The van der Waals surface area contributed by atoms with Gasteiger partial charge in [0.2, 0.25) is 0 Å². The van der Waals surface area contributed by atoms with E-state index >= 15 is 0 Å². The Morgan fingerprint density at radius 3 is 2.85 bits per heavy atom. The zero-order chi connectivity index (χ0) is 14.1. The highest BCUT2D eigenvalue weighted by atomic mass is 79.9. The largest absolute Gasteiger partial charge is 0.324 e. The van der Waals surface area contributed by atoms with Gasteiger partial charge in [-0.2, -0.15) is 0 Å². The molecule has 0 aliphatic heterocycles. The highest BCUT2D eigenvalue weighted by Crippen LogP contribution is 2.31. The molecule has 0 amide bonds. The normalized spacial score (nSPS) is 12.8. The summed E-state index contributed by atoms with van der Waals surface area (Å²) in [5, 5.41) is 9.21. The number of nitrogens with zero attached hydrogens (tertiary/aromatic N) is 3. The van der Waals surface area contributed by atoms with Gasteiger partial charge >= 0.3 is 0 Å². The number of aromatic nitrogens is 3. The molecule has 2 aromatic heterocycles. The van der Waals surface area contributed by atoms with Crippen molar-refractivity contribution in [1.82, 2.24) is 14.6 Å². The molecule has 0 saturated heterocycles. The molecule has 4 nitrogen and oxygen atoms in total. The lowest BCUT2D eigenvalue weighted by molar-refractivity contribution is 0.811. The van der Waals surface area contributed by atoms with E-state index in [2.05, 4.69) is 38.3 Å². The lowest BCUT2D eigenvalue weighted by atomic mass is 10.1. The van der Waals surface area contributed by atoms with Crippen molar-refractivity contribution in [3.63, 3.8) is 0 Å². The number of benzene rings is 1. The van der Waals surface area contributed by atoms with Gasteiger partial charge in [-0.15, -0.1) is 10.2 Å². The Bertz CT molecular complexity index is 754. The van der Waals surface area contributed by atoms with Crippen LogP contribution < -0.4 is 5.73 Å². The quantitative estimate of drug-likeness (QED) is 0.784. The predicted molar refractivity (Wildman–Crippen MR) is 83.9 cm³/mol. The monoisotopic (exact) mass is 348 g/mol. The Kier molecular flexibility index (Phi) is 3.78. The van der Waals surface area contributed by atoms with Gasteiger partial charge in [-0.25, -0.2) is 0 Å². The summed E-state index contributed by atoms with van der Waals surface area (Å²) in [7, 11) is 0. The minimum Gasteiger partial charge on any atom is -0.324 e. The van der Waals surface area contributed by atoms with Gasteiger partial charge in [-0.1, -0.05) is 28.1 Å². The molecule has 0 spiro atoms. The molecule has 0 saturated carbocycles. The Balaban J connectivity index is 1.93. The van der Waals surface area contributed by atoms with Crippen molar-refractivity contribution in [2.24, 2.45) is 5.73 Å². The molecule has 20 heavy (non-hydrogen) atoms. The van der Waals surface area contributed by atoms with Crippen LogP contribution in [0.4, 0.5) is 0 Å². The van der Waals surface area contributed by atoms with Crippen molar-refractivity contribution in [2.45, 2.75) is 23.0 Å². The number of pyridine rings is 1. The molecule has 3 aromatic rings. The van der Waals surface area contributed by atoms with E-state index in [-0.39, 0.29) is 6.04 Å². The molecule has 102 valence electrons. The van der Waals surface area contributed by atoms with E-state index < -0.39 is 0 Å². The average Bonchev–Trinajstić information content (AvgIpc) is 2.82. The Hall–Kier alpha value is -1.37. The van der Waals surface area contributed by atoms with E-state index in [1.54, 1.807) is 11.8 Å². The summed E-state index contributed by atoms with van der Waals surface area (Å²) in [6.45, 7) is 1.97. The maximum absolute atomic E-state index is 5.91. The van der Waals surface area contributed by atoms with Crippen molar-refractivity contribution in [2.75, 3.05) is 0 Å². The van der Waals surface area contributed by atoms with Gasteiger partial charge < -0.3 is 5.73 Å². The number of halogens is 1. The van der Waals surface area contributed by atoms with Gasteiger partial charge in [0.15, 0.2) is 10.8 Å². The van der Waals surface area contributed by atoms with Gasteiger partial charge in [-0.3, -0.25) is 4.40 Å². The minimum absolute atomic E-state index is 0.0114. The van der Waals surface area contributed by atoms with E-state index in [0.29, 0.717) is 0 Å². The molecule has 2 N–H and O–H groups in total. The minimum atomic E-state index is 0.0114. The summed E-state index contributed by atoms with van der Waals surface area (Å²) in [5.41, 5.74) is 7.86. The number of hydrogen-bond acceptors (Lipinski definition) is 4. The summed E-state index contributed by atoms with van der Waals surface area (Å²) in [5.74, 6) is 0. The van der Waals surface area contributed by atoms with E-state index in [1.807, 2.05) is 41.8 Å². The van der Waals surface area contributed by atoms with E-state index in [4.69, 9.17) is 5.73 Å². The summed E-state index contributed by atoms with van der Waals surface area (Å²) in [6.07, 6.45) is 1.96. The molecule has 0 fully saturated rings. The van der Waals surface area contributed by atoms with E-state index in [1.165, 1.54) is 0 Å². The first-order valence-corrected chi connectivity index (χ1v) is 7.79. The highest BCUT2D eigenvalue weighted by molar-refractivity contribution is 9.10. The molecule has 2 heterocycles. The van der Waals surface area contributed by atoms with Crippen LogP contribution in [0.3, 0.4) is 0 Å². The van der Waals surface area contributed by atoms with Crippen LogP contribution in [-0.2, 0) is 0 Å². The summed E-state index contributed by atoms with van der Waals surface area (Å²) < 4.78 is 2.99. The molecule has 0 radical (unpaired) electrons. The third kappa shape index (κ3) is 2.59. The lowest BCUT2D eigenvalue weighted by Gasteiger charge is -2.09. The molecule has 6 heteroatoms. The summed E-state index contributed by atoms with van der Waals surface area (Å²) >= 11 is 5.14. The fourth-order valence-corrected chi connectivity index (χ4v) is 3.68. The maximum atomic E-state index is 5.91. The van der Waals surface area contributed by atoms with Crippen molar-refractivity contribution in [3.05, 3.63) is 52.6 Å². The number of nitrogens with two attached hydrogens (primary N) is 1. The number of fused-ring (bicyclic) bond motifs is 1. The van der Waals surface area contributed by atoms with Crippen LogP contribution >= 0.6 is 27.7 Å². The van der Waals surface area contributed by atoms with Crippen LogP contribution in [-0.4, -0.2) is 14.6 Å². The van der Waals surface area contributed by atoms with E-state index in [9.17, 15) is 0 Å². The smallest absolute Gasteiger partial charge is 0.200 e. The van der Waals surface area contributed by atoms with Crippen molar-refractivity contribution < 1.29 is 0 Å². The van der Waals surface area contributed by atoms with Crippen molar-refractivity contribution in [3.8, 4) is 0 Å². The molecule has 1 unspecified atom stereocenters. The van der Waals surface area contributed by atoms with Gasteiger partial charge in [0.1, 0.15) is 0 Å². The van der Waals surface area contributed by atoms with Crippen LogP contribution in [0.2, 0.25) is 0 Å². The first-order chi connectivity index (χ1) is 9.65. The SMILES string of the molecule is CC(N)c1ccc(Sc2nnc3ccccn23)cc1Br. The standard InChI is InChI=1S/C14H13BrN4S/c1-9(16)11-6-5-10(8-12(11)15)20-14-18-17-13-4-2-3-7-19(13)14/h2-9H,16H2,1H3. The molecule has 3 rings (SSSR count). The molecular formula is C14H13BrN4S. The Morgan fingerprint density at radius 2 is 2.10 bits per heavy atom. The Morgan fingerprint density at radius 1 is 1.25 bits per heavy atom. The first-order valence-electron chi connectivity index (χ1n) is 6.18. The first kappa shape index (κ1) is 13.6. The molecule has 0 bridgehead atoms. The molecule has 1 atom stereocenters. The third-order valence-corrected chi connectivity index (χ3v) is 4.59. The van der Waals surface area contributed by atoms with Crippen LogP contribution in [0.5, 0.6) is 0 Å². The molecular weight excluding hydrogens is 336 g/mol. The topological polar surface area (TPSA) is 56.2 Å². The Labute approximate surface area is 129 Å². The second-order valence-corrected chi connectivity index (χ2v) is 6.38. The molecule has 1 aromatic carbocycles. The van der Waals surface area contributed by atoms with Gasteiger partial charge in [0.05, 0.1) is 0 Å². The fraction of sp³-hybridized carbons (Fsp3) is 0.143. The van der Waals surface area contributed by atoms with Crippen LogP contribution in [0.15, 0.2) is 57.1 Å². The number of hydrogen-bond donors (Lipinski definition) is 1. The van der Waals surface area contributed by atoms with E-state index in [0.717, 1.165) is 25.7 Å². The van der Waals surface area contributed by atoms with Crippen LogP contribution in [0.25, 0.3) is 5.65 Å². The molecule has 0 aliphatic carbocycles.